The zero-order chi connectivity index (χ0) is 8.85. The van der Waals surface area contributed by atoms with Gasteiger partial charge in [0.15, 0.2) is 0 Å². The third-order valence-corrected chi connectivity index (χ3v) is 1.31. The maximum absolute atomic E-state index is 10.8. The minimum Gasteiger partial charge on any atom is -0.368 e. The second-order valence-corrected chi connectivity index (χ2v) is 2.51. The number of hydrogen-bond donors (Lipinski definition) is 2. The summed E-state index contributed by atoms with van der Waals surface area (Å²) in [4.78, 5) is 21.2. The van der Waals surface area contributed by atoms with Crippen LogP contribution in [-0.2, 0) is 9.59 Å². The molecular formula is C6H11ClN2O2. The fourth-order valence-corrected chi connectivity index (χ4v) is 0.642. The van der Waals surface area contributed by atoms with Crippen LogP contribution >= 0.6 is 11.6 Å². The number of nitrogens with one attached hydrogen (secondary N) is 1. The van der Waals surface area contributed by atoms with Crippen molar-refractivity contribution in [1.29, 1.82) is 0 Å². The molecule has 0 saturated heterocycles. The summed E-state index contributed by atoms with van der Waals surface area (Å²) in [5.74, 6) is -0.559. The molecule has 0 aromatic carbocycles. The van der Waals surface area contributed by atoms with Crippen molar-refractivity contribution in [2.45, 2.75) is 19.4 Å². The molecule has 0 heterocycles. The number of alkyl halides is 1. The van der Waals surface area contributed by atoms with Crippen molar-refractivity contribution >= 4 is 23.4 Å². The van der Waals surface area contributed by atoms with E-state index in [0.29, 0.717) is 0 Å². The zero-order valence-electron chi connectivity index (χ0n) is 6.26. The fraction of sp³-hybridized carbons (Fsp3) is 0.667. The van der Waals surface area contributed by atoms with Crippen molar-refractivity contribution in [2.24, 2.45) is 5.73 Å². The molecule has 0 aliphatic carbocycles. The Balaban J connectivity index is 3.66. The van der Waals surface area contributed by atoms with Crippen molar-refractivity contribution in [3.05, 3.63) is 0 Å². The van der Waals surface area contributed by atoms with Crippen LogP contribution in [0.15, 0.2) is 0 Å². The lowest BCUT2D eigenvalue weighted by molar-refractivity contribution is -0.126. The fourth-order valence-electron chi connectivity index (χ4n) is 0.471. The Morgan fingerprint density at radius 1 is 1.64 bits per heavy atom. The molecule has 0 rings (SSSR count). The lowest BCUT2D eigenvalue weighted by Gasteiger charge is -2.08. The highest BCUT2D eigenvalue weighted by molar-refractivity contribution is 6.18. The quantitative estimate of drug-likeness (QED) is 0.576. The van der Waals surface area contributed by atoms with Gasteiger partial charge in [0.1, 0.15) is 6.04 Å². The summed E-state index contributed by atoms with van der Waals surface area (Å²) >= 11 is 5.28. The van der Waals surface area contributed by atoms with E-state index in [1.165, 1.54) is 6.92 Å². The number of rotatable bonds is 4. The molecule has 0 spiro atoms. The molecule has 0 aliphatic rings. The van der Waals surface area contributed by atoms with Crippen LogP contribution in [0, 0.1) is 0 Å². The number of carbonyl (C=O) groups is 2. The molecule has 1 unspecified atom stereocenters. The van der Waals surface area contributed by atoms with Gasteiger partial charge in [-0.3, -0.25) is 9.59 Å². The first kappa shape index (κ1) is 10.2. The number of hydrogen-bond acceptors (Lipinski definition) is 2. The van der Waals surface area contributed by atoms with Gasteiger partial charge in [0.25, 0.3) is 0 Å². The molecule has 0 aromatic rings. The molecular weight excluding hydrogens is 168 g/mol. The van der Waals surface area contributed by atoms with Crippen LogP contribution in [0.3, 0.4) is 0 Å². The molecule has 1 atom stereocenters. The van der Waals surface area contributed by atoms with Crippen LogP contribution in [0.2, 0.25) is 0 Å². The van der Waals surface area contributed by atoms with Gasteiger partial charge in [-0.1, -0.05) is 0 Å². The van der Waals surface area contributed by atoms with E-state index in [2.05, 4.69) is 5.32 Å². The summed E-state index contributed by atoms with van der Waals surface area (Å²) in [6, 6.07) is -0.620. The van der Waals surface area contributed by atoms with E-state index in [1.54, 1.807) is 0 Å². The molecule has 0 radical (unpaired) electrons. The molecule has 0 aliphatic heterocycles. The third kappa shape index (κ3) is 4.61. The van der Waals surface area contributed by atoms with Gasteiger partial charge in [-0.05, 0) is 6.92 Å². The molecule has 4 nitrogen and oxygen atoms in total. The van der Waals surface area contributed by atoms with Gasteiger partial charge in [-0.15, -0.1) is 11.6 Å². The molecule has 2 amide bonds. The maximum Gasteiger partial charge on any atom is 0.239 e. The SMILES string of the molecule is CC(NC(=O)CCCl)C(N)=O. The normalized spacial score (nSPS) is 12.2. The van der Waals surface area contributed by atoms with Gasteiger partial charge in [-0.25, -0.2) is 0 Å². The van der Waals surface area contributed by atoms with Crippen molar-refractivity contribution in [2.75, 3.05) is 5.88 Å². The van der Waals surface area contributed by atoms with Gasteiger partial charge >= 0.3 is 0 Å². The molecule has 0 fully saturated rings. The van der Waals surface area contributed by atoms with Crippen LogP contribution < -0.4 is 11.1 Å². The van der Waals surface area contributed by atoms with Crippen LogP contribution in [-0.4, -0.2) is 23.7 Å². The summed E-state index contributed by atoms with van der Waals surface area (Å²) in [7, 11) is 0. The smallest absolute Gasteiger partial charge is 0.239 e. The zero-order valence-corrected chi connectivity index (χ0v) is 7.02. The molecule has 11 heavy (non-hydrogen) atoms. The number of nitrogens with two attached hydrogens (primary N) is 1. The minimum atomic E-state index is -0.620. The average Bonchev–Trinajstić information content (AvgIpc) is 1.87. The number of primary amides is 1. The summed E-state index contributed by atoms with van der Waals surface area (Å²) < 4.78 is 0. The van der Waals surface area contributed by atoms with Crippen LogP contribution in [0.5, 0.6) is 0 Å². The van der Waals surface area contributed by atoms with Crippen LogP contribution in [0.25, 0.3) is 0 Å². The van der Waals surface area contributed by atoms with Crippen LogP contribution in [0.4, 0.5) is 0 Å². The van der Waals surface area contributed by atoms with Crippen molar-refractivity contribution in [3.8, 4) is 0 Å². The molecule has 3 N–H and O–H groups in total. The Bertz CT molecular complexity index is 161. The molecule has 5 heteroatoms. The largest absolute Gasteiger partial charge is 0.368 e. The number of amides is 2. The predicted molar refractivity (Wildman–Crippen MR) is 42.1 cm³/mol. The van der Waals surface area contributed by atoms with E-state index in [-0.39, 0.29) is 18.2 Å². The minimum absolute atomic E-state index is 0.208. The molecule has 0 aromatic heterocycles. The van der Waals surface area contributed by atoms with Crippen LogP contribution in [0.1, 0.15) is 13.3 Å². The van der Waals surface area contributed by atoms with E-state index in [1.807, 2.05) is 0 Å². The Hall–Kier alpha value is -0.770. The van der Waals surface area contributed by atoms with Gasteiger partial charge < -0.3 is 11.1 Å². The molecule has 0 saturated carbocycles. The van der Waals surface area contributed by atoms with Crippen molar-refractivity contribution in [1.82, 2.24) is 5.32 Å². The standard InChI is InChI=1S/C6H11ClN2O2/c1-4(6(8)11)9-5(10)2-3-7/h4H,2-3H2,1H3,(H2,8,11)(H,9,10). The van der Waals surface area contributed by atoms with Gasteiger partial charge in [0.2, 0.25) is 11.8 Å². The summed E-state index contributed by atoms with van der Waals surface area (Å²) in [5, 5.41) is 2.38. The Morgan fingerprint density at radius 3 is 2.55 bits per heavy atom. The maximum atomic E-state index is 10.8. The third-order valence-electron chi connectivity index (χ3n) is 1.13. The second kappa shape index (κ2) is 4.96. The first-order chi connectivity index (χ1) is 5.07. The van der Waals surface area contributed by atoms with Gasteiger partial charge in [0, 0.05) is 12.3 Å². The Morgan fingerprint density at radius 2 is 2.18 bits per heavy atom. The first-order valence-electron chi connectivity index (χ1n) is 3.22. The van der Waals surface area contributed by atoms with E-state index < -0.39 is 11.9 Å². The summed E-state index contributed by atoms with van der Waals surface area (Å²) in [6.45, 7) is 1.52. The highest BCUT2D eigenvalue weighted by Crippen LogP contribution is 1.86. The van der Waals surface area contributed by atoms with E-state index in [0.717, 1.165) is 0 Å². The Kier molecular flexibility index (Phi) is 4.61. The summed E-state index contributed by atoms with van der Waals surface area (Å²) in [5.41, 5.74) is 4.89. The van der Waals surface area contributed by atoms with Crippen molar-refractivity contribution < 1.29 is 9.59 Å². The predicted octanol–water partition coefficient (Wildman–Crippen LogP) is -0.395. The lowest BCUT2D eigenvalue weighted by atomic mass is 10.3. The highest BCUT2D eigenvalue weighted by Gasteiger charge is 2.10. The summed E-state index contributed by atoms with van der Waals surface area (Å²) in [6.07, 6.45) is 0.208. The van der Waals surface area contributed by atoms with Crippen molar-refractivity contribution in [3.63, 3.8) is 0 Å². The number of halogens is 1. The van der Waals surface area contributed by atoms with E-state index in [4.69, 9.17) is 17.3 Å². The average molecular weight is 179 g/mol. The number of carbonyl (C=O) groups excluding carboxylic acids is 2. The lowest BCUT2D eigenvalue weighted by Crippen LogP contribution is -2.42. The molecule has 0 bridgehead atoms. The van der Waals surface area contributed by atoms with Gasteiger partial charge in [0.05, 0.1) is 0 Å². The van der Waals surface area contributed by atoms with E-state index in [9.17, 15) is 9.59 Å². The Labute approximate surface area is 70.1 Å². The second-order valence-electron chi connectivity index (χ2n) is 2.13. The van der Waals surface area contributed by atoms with Gasteiger partial charge in [-0.2, -0.15) is 0 Å². The van der Waals surface area contributed by atoms with E-state index >= 15 is 0 Å². The monoisotopic (exact) mass is 178 g/mol. The first-order valence-corrected chi connectivity index (χ1v) is 3.76. The topological polar surface area (TPSA) is 72.2 Å². The molecule has 64 valence electrons. The highest BCUT2D eigenvalue weighted by atomic mass is 35.5.